The van der Waals surface area contributed by atoms with Crippen molar-refractivity contribution >= 4 is 34.3 Å². The highest BCUT2D eigenvalue weighted by Crippen LogP contribution is 2.25. The molecule has 0 aliphatic heterocycles. The molecule has 0 atom stereocenters. The van der Waals surface area contributed by atoms with E-state index < -0.39 is 0 Å². The van der Waals surface area contributed by atoms with Crippen molar-refractivity contribution in [2.75, 3.05) is 5.75 Å². The second-order valence-electron chi connectivity index (χ2n) is 5.58. The van der Waals surface area contributed by atoms with Crippen LogP contribution in [0.25, 0.3) is 16.7 Å². The molecule has 0 unspecified atom stereocenters. The molecule has 6 heteroatoms. The predicted molar refractivity (Wildman–Crippen MR) is 99.5 cm³/mol. The third-order valence-electron chi connectivity index (χ3n) is 3.87. The molecule has 3 heterocycles. The van der Waals surface area contributed by atoms with E-state index in [2.05, 4.69) is 19.7 Å². The first-order valence-electron chi connectivity index (χ1n) is 7.96. The van der Waals surface area contributed by atoms with Crippen molar-refractivity contribution in [2.45, 2.75) is 11.6 Å². The number of nitrogens with zero attached hydrogens (tertiary/aromatic N) is 3. The zero-order valence-electron chi connectivity index (χ0n) is 13.4. The van der Waals surface area contributed by atoms with Crippen molar-refractivity contribution in [3.05, 3.63) is 72.6 Å². The molecule has 1 N–H and O–H groups in total. The monoisotopic (exact) mass is 348 g/mol. The lowest BCUT2D eigenvalue weighted by Gasteiger charge is -2.08. The number of benzene rings is 1. The quantitative estimate of drug-likeness (QED) is 0.562. The Balaban J connectivity index is 1.48. The number of hydrogen-bond donors (Lipinski definition) is 1. The van der Waals surface area contributed by atoms with Crippen LogP contribution in [0, 0.1) is 0 Å². The molecule has 4 rings (SSSR count). The third-order valence-corrected chi connectivity index (χ3v) is 4.85. The second-order valence-corrected chi connectivity index (χ2v) is 6.54. The molecule has 1 amide bonds. The Morgan fingerprint density at radius 3 is 2.76 bits per heavy atom. The lowest BCUT2D eigenvalue weighted by atomic mass is 10.2. The van der Waals surface area contributed by atoms with E-state index in [1.54, 1.807) is 6.20 Å². The Labute approximate surface area is 149 Å². The van der Waals surface area contributed by atoms with Gasteiger partial charge in [-0.2, -0.15) is 0 Å². The molecule has 0 fully saturated rings. The van der Waals surface area contributed by atoms with Gasteiger partial charge in [0, 0.05) is 18.9 Å². The van der Waals surface area contributed by atoms with E-state index >= 15 is 0 Å². The molecule has 0 bridgehead atoms. The van der Waals surface area contributed by atoms with Gasteiger partial charge in [0.2, 0.25) is 5.91 Å². The number of hydrogen-bond acceptors (Lipinski definition) is 4. The Morgan fingerprint density at radius 2 is 1.88 bits per heavy atom. The minimum absolute atomic E-state index is 0.0125. The standard InChI is InChI=1S/C19H16N4OS/c24-17(21-12-14-6-2-1-3-7-14)13-25-19-16-9-5-11-23(16)15-8-4-10-20-18(15)22-19/h1-11H,12-13H2,(H,21,24). The molecule has 0 radical (unpaired) electrons. The molecular formula is C19H16N4OS. The normalized spacial score (nSPS) is 11.0. The topological polar surface area (TPSA) is 59.3 Å². The van der Waals surface area contributed by atoms with E-state index in [9.17, 15) is 4.79 Å². The molecular weight excluding hydrogens is 332 g/mol. The van der Waals surface area contributed by atoms with Gasteiger partial charge in [0.15, 0.2) is 5.65 Å². The third kappa shape index (κ3) is 3.34. The summed E-state index contributed by atoms with van der Waals surface area (Å²) in [5, 5.41) is 3.75. The highest BCUT2D eigenvalue weighted by Gasteiger charge is 2.11. The van der Waals surface area contributed by atoms with E-state index in [0.29, 0.717) is 17.9 Å². The zero-order valence-corrected chi connectivity index (χ0v) is 14.2. The fourth-order valence-corrected chi connectivity index (χ4v) is 3.50. The zero-order chi connectivity index (χ0) is 17.1. The minimum Gasteiger partial charge on any atom is -0.351 e. The summed E-state index contributed by atoms with van der Waals surface area (Å²) >= 11 is 1.43. The van der Waals surface area contributed by atoms with E-state index in [1.165, 1.54) is 11.8 Å². The van der Waals surface area contributed by atoms with Crippen molar-refractivity contribution < 1.29 is 4.79 Å². The number of amides is 1. The van der Waals surface area contributed by atoms with Crippen molar-refractivity contribution in [1.29, 1.82) is 0 Å². The molecule has 0 saturated carbocycles. The lowest BCUT2D eigenvalue weighted by molar-refractivity contribution is -0.118. The van der Waals surface area contributed by atoms with Gasteiger partial charge in [0.1, 0.15) is 5.03 Å². The van der Waals surface area contributed by atoms with Crippen LogP contribution in [0.2, 0.25) is 0 Å². The van der Waals surface area contributed by atoms with Gasteiger partial charge >= 0.3 is 0 Å². The van der Waals surface area contributed by atoms with Gasteiger partial charge in [-0.25, -0.2) is 9.97 Å². The van der Waals surface area contributed by atoms with Crippen LogP contribution in [0.4, 0.5) is 0 Å². The summed E-state index contributed by atoms with van der Waals surface area (Å²) in [5.41, 5.74) is 3.71. The van der Waals surface area contributed by atoms with Crippen LogP contribution in [0.15, 0.2) is 72.0 Å². The molecule has 25 heavy (non-hydrogen) atoms. The number of aromatic nitrogens is 3. The maximum absolute atomic E-state index is 12.1. The molecule has 0 saturated heterocycles. The van der Waals surface area contributed by atoms with E-state index in [4.69, 9.17) is 0 Å². The molecule has 0 aliphatic carbocycles. The first-order valence-corrected chi connectivity index (χ1v) is 8.95. The molecule has 124 valence electrons. The maximum Gasteiger partial charge on any atom is 0.230 e. The van der Waals surface area contributed by atoms with Crippen molar-refractivity contribution in [3.63, 3.8) is 0 Å². The van der Waals surface area contributed by atoms with Gasteiger partial charge in [0.25, 0.3) is 0 Å². The minimum atomic E-state index is -0.0125. The Hall–Kier alpha value is -2.86. The number of pyridine rings is 1. The Morgan fingerprint density at radius 1 is 1.04 bits per heavy atom. The van der Waals surface area contributed by atoms with E-state index in [1.807, 2.05) is 60.8 Å². The summed E-state index contributed by atoms with van der Waals surface area (Å²) in [4.78, 5) is 21.1. The second kappa shape index (κ2) is 6.94. The first-order chi connectivity index (χ1) is 12.3. The van der Waals surface area contributed by atoms with Gasteiger partial charge in [0.05, 0.1) is 16.8 Å². The average molecular weight is 348 g/mol. The first kappa shape index (κ1) is 15.7. The molecule has 3 aromatic heterocycles. The molecule has 5 nitrogen and oxygen atoms in total. The fourth-order valence-electron chi connectivity index (χ4n) is 2.67. The van der Waals surface area contributed by atoms with Crippen LogP contribution in [0.1, 0.15) is 5.56 Å². The number of fused-ring (bicyclic) bond motifs is 3. The Bertz CT molecular complexity index is 1030. The summed E-state index contributed by atoms with van der Waals surface area (Å²) < 4.78 is 2.06. The molecule has 0 aliphatic rings. The summed E-state index contributed by atoms with van der Waals surface area (Å²) in [7, 11) is 0. The van der Waals surface area contributed by atoms with Gasteiger partial charge < -0.3 is 9.72 Å². The average Bonchev–Trinajstić information content (AvgIpc) is 3.15. The molecule has 0 spiro atoms. The number of thioether (sulfide) groups is 1. The lowest BCUT2D eigenvalue weighted by Crippen LogP contribution is -2.24. The summed E-state index contributed by atoms with van der Waals surface area (Å²) in [6, 6.07) is 17.7. The van der Waals surface area contributed by atoms with Crippen LogP contribution in [-0.2, 0) is 11.3 Å². The van der Waals surface area contributed by atoms with Gasteiger partial charge in [-0.05, 0) is 29.8 Å². The SMILES string of the molecule is O=C(CSc1nc2ncccc2n2cccc12)NCc1ccccc1. The number of nitrogens with one attached hydrogen (secondary N) is 1. The Kier molecular flexibility index (Phi) is 4.35. The van der Waals surface area contributed by atoms with Crippen LogP contribution in [0.5, 0.6) is 0 Å². The summed E-state index contributed by atoms with van der Waals surface area (Å²) in [6.45, 7) is 0.535. The predicted octanol–water partition coefficient (Wildman–Crippen LogP) is 3.29. The van der Waals surface area contributed by atoms with Crippen LogP contribution >= 0.6 is 11.8 Å². The number of carbonyl (C=O) groups is 1. The van der Waals surface area contributed by atoms with E-state index in [-0.39, 0.29) is 5.91 Å². The van der Waals surface area contributed by atoms with Gasteiger partial charge in [-0.15, -0.1) is 0 Å². The molecule has 4 aromatic rings. The van der Waals surface area contributed by atoms with Crippen LogP contribution in [-0.4, -0.2) is 26.0 Å². The van der Waals surface area contributed by atoms with Crippen molar-refractivity contribution in [3.8, 4) is 0 Å². The van der Waals surface area contributed by atoms with Crippen molar-refractivity contribution in [1.82, 2.24) is 19.7 Å². The summed E-state index contributed by atoms with van der Waals surface area (Å²) in [6.07, 6.45) is 3.71. The highest BCUT2D eigenvalue weighted by atomic mass is 32.2. The van der Waals surface area contributed by atoms with Gasteiger partial charge in [-0.3, -0.25) is 4.79 Å². The number of carbonyl (C=O) groups excluding carboxylic acids is 1. The largest absolute Gasteiger partial charge is 0.351 e. The summed E-state index contributed by atoms with van der Waals surface area (Å²) in [5.74, 6) is 0.306. The van der Waals surface area contributed by atoms with Crippen LogP contribution < -0.4 is 5.32 Å². The highest BCUT2D eigenvalue weighted by molar-refractivity contribution is 8.00. The number of rotatable bonds is 5. The smallest absolute Gasteiger partial charge is 0.230 e. The fraction of sp³-hybridized carbons (Fsp3) is 0.105. The van der Waals surface area contributed by atoms with Gasteiger partial charge in [-0.1, -0.05) is 42.1 Å². The van der Waals surface area contributed by atoms with E-state index in [0.717, 1.165) is 21.6 Å². The van der Waals surface area contributed by atoms with Crippen LogP contribution in [0.3, 0.4) is 0 Å². The maximum atomic E-state index is 12.1. The molecule has 1 aromatic carbocycles. The van der Waals surface area contributed by atoms with Crippen molar-refractivity contribution in [2.24, 2.45) is 0 Å².